The van der Waals surface area contributed by atoms with Gasteiger partial charge in [-0.15, -0.1) is 0 Å². The van der Waals surface area contributed by atoms with E-state index in [0.29, 0.717) is 0 Å². The van der Waals surface area contributed by atoms with Gasteiger partial charge < -0.3 is 19.3 Å². The summed E-state index contributed by atoms with van der Waals surface area (Å²) in [5.74, 6) is 2.12. The van der Waals surface area contributed by atoms with E-state index in [0.717, 1.165) is 80.4 Å². The fourth-order valence-corrected chi connectivity index (χ4v) is 5.64. The van der Waals surface area contributed by atoms with Crippen molar-refractivity contribution in [1.82, 2.24) is 24.1 Å². The van der Waals surface area contributed by atoms with E-state index in [-0.39, 0.29) is 11.5 Å². The predicted octanol–water partition coefficient (Wildman–Crippen LogP) is 7.90. The van der Waals surface area contributed by atoms with E-state index in [1.807, 2.05) is 42.5 Å². The Morgan fingerprint density at radius 2 is 0.905 bits per heavy atom. The van der Waals surface area contributed by atoms with Crippen molar-refractivity contribution in [2.75, 3.05) is 0 Å². The summed E-state index contributed by atoms with van der Waals surface area (Å²) in [7, 11) is 0. The van der Waals surface area contributed by atoms with Crippen LogP contribution in [0.4, 0.5) is 0 Å². The molecule has 0 atom stereocenters. The molecule has 0 radical (unpaired) electrons. The zero-order chi connectivity index (χ0) is 28.8. The van der Waals surface area contributed by atoms with Crippen LogP contribution in [0, 0.1) is 0 Å². The first kappa shape index (κ1) is 25.5. The van der Waals surface area contributed by atoms with Gasteiger partial charge in [0, 0.05) is 13.1 Å². The molecule has 4 aromatic carbocycles. The SMILES string of the molecule is CCn1c(-c2cccc(-c3nc4cc(-c5ccc(O)cc5)ccc4n3CC)n2)nc2cc(-c3ccc(O)cc3)ccc21. The van der Waals surface area contributed by atoms with Crippen molar-refractivity contribution in [3.05, 3.63) is 103 Å². The zero-order valence-corrected chi connectivity index (χ0v) is 23.4. The Morgan fingerprint density at radius 3 is 1.31 bits per heavy atom. The molecule has 3 aromatic heterocycles. The average molecular weight is 552 g/mol. The van der Waals surface area contributed by atoms with Crippen LogP contribution in [0.15, 0.2) is 103 Å². The van der Waals surface area contributed by atoms with Crippen molar-refractivity contribution in [3.8, 4) is 56.8 Å². The van der Waals surface area contributed by atoms with Gasteiger partial charge in [0.2, 0.25) is 0 Å². The molecule has 0 spiro atoms. The Bertz CT molecular complexity index is 1930. The second-order valence-corrected chi connectivity index (χ2v) is 10.3. The molecule has 3 heterocycles. The van der Waals surface area contributed by atoms with Crippen LogP contribution in [0.25, 0.3) is 67.4 Å². The highest BCUT2D eigenvalue weighted by Crippen LogP contribution is 2.32. The minimum Gasteiger partial charge on any atom is -0.508 e. The number of fused-ring (bicyclic) bond motifs is 2. The minimum atomic E-state index is 0.248. The fraction of sp³-hybridized carbons (Fsp3) is 0.114. The fourth-order valence-electron chi connectivity index (χ4n) is 5.64. The maximum absolute atomic E-state index is 9.68. The normalized spacial score (nSPS) is 11.5. The molecule has 0 saturated heterocycles. The number of phenols is 2. The number of aromatic nitrogens is 5. The van der Waals surface area contributed by atoms with Crippen LogP contribution in [0.3, 0.4) is 0 Å². The molecule has 2 N–H and O–H groups in total. The number of hydrogen-bond acceptors (Lipinski definition) is 5. The van der Waals surface area contributed by atoms with Crippen LogP contribution >= 0.6 is 0 Å². The lowest BCUT2D eigenvalue weighted by Crippen LogP contribution is -2.02. The van der Waals surface area contributed by atoms with Crippen LogP contribution in [0.1, 0.15) is 13.8 Å². The highest BCUT2D eigenvalue weighted by molar-refractivity contribution is 5.87. The summed E-state index contributed by atoms with van der Waals surface area (Å²) >= 11 is 0. The molecule has 206 valence electrons. The summed E-state index contributed by atoms with van der Waals surface area (Å²) in [5, 5.41) is 19.4. The number of phenolic OH excluding ortho intramolecular Hbond substituents is 2. The Hall–Kier alpha value is -5.43. The Labute approximate surface area is 243 Å². The monoisotopic (exact) mass is 551 g/mol. The molecule has 0 aliphatic carbocycles. The van der Waals surface area contributed by atoms with Gasteiger partial charge in [0.25, 0.3) is 0 Å². The molecule has 7 heteroatoms. The van der Waals surface area contributed by atoms with E-state index in [2.05, 4.69) is 59.4 Å². The second kappa shape index (κ2) is 10.2. The van der Waals surface area contributed by atoms with Gasteiger partial charge in [-0.25, -0.2) is 15.0 Å². The largest absolute Gasteiger partial charge is 0.508 e. The minimum absolute atomic E-state index is 0.248. The van der Waals surface area contributed by atoms with Gasteiger partial charge >= 0.3 is 0 Å². The number of nitrogens with zero attached hydrogens (tertiary/aromatic N) is 5. The first-order valence-corrected chi connectivity index (χ1v) is 14.1. The van der Waals surface area contributed by atoms with E-state index in [4.69, 9.17) is 15.0 Å². The molecule has 0 saturated carbocycles. The van der Waals surface area contributed by atoms with Crippen molar-refractivity contribution in [1.29, 1.82) is 0 Å². The summed E-state index contributed by atoms with van der Waals surface area (Å²) in [4.78, 5) is 15.1. The molecule has 0 aliphatic heterocycles. The molecular weight excluding hydrogens is 522 g/mol. The molecule has 7 aromatic rings. The summed E-state index contributed by atoms with van der Waals surface area (Å²) in [6.07, 6.45) is 0. The van der Waals surface area contributed by atoms with Crippen molar-refractivity contribution < 1.29 is 10.2 Å². The number of aryl methyl sites for hydroxylation is 2. The number of aromatic hydroxyl groups is 2. The molecule has 0 fully saturated rings. The first-order chi connectivity index (χ1) is 20.5. The second-order valence-electron chi connectivity index (χ2n) is 10.3. The number of hydrogen-bond donors (Lipinski definition) is 2. The lowest BCUT2D eigenvalue weighted by Gasteiger charge is -2.09. The molecular formula is C35H29N5O2. The van der Waals surface area contributed by atoms with Crippen molar-refractivity contribution in [2.45, 2.75) is 26.9 Å². The summed E-state index contributed by atoms with van der Waals surface area (Å²) in [5.41, 5.74) is 9.59. The predicted molar refractivity (Wildman–Crippen MR) is 167 cm³/mol. The average Bonchev–Trinajstić information content (AvgIpc) is 3.59. The Morgan fingerprint density at radius 1 is 0.500 bits per heavy atom. The smallest absolute Gasteiger partial charge is 0.159 e. The lowest BCUT2D eigenvalue weighted by atomic mass is 10.1. The van der Waals surface area contributed by atoms with Gasteiger partial charge in [-0.05, 0) is 96.8 Å². The van der Waals surface area contributed by atoms with E-state index in [1.54, 1.807) is 24.3 Å². The number of pyridine rings is 1. The standard InChI is InChI=1S/C35H29N5O2/c1-3-39-32-18-12-24(22-8-14-26(41)15-9-22)20-30(32)37-34(39)28-6-5-7-29(36-28)35-38-31-21-25(13-19-33(31)40(35)4-2)23-10-16-27(42)17-11-23/h5-21,41-42H,3-4H2,1-2H3. The number of imidazole rings is 2. The maximum Gasteiger partial charge on any atom is 0.159 e. The molecule has 42 heavy (non-hydrogen) atoms. The van der Waals surface area contributed by atoms with Gasteiger partial charge in [0.15, 0.2) is 11.6 Å². The topological polar surface area (TPSA) is 89.0 Å². The zero-order valence-electron chi connectivity index (χ0n) is 23.4. The van der Waals surface area contributed by atoms with Gasteiger partial charge in [0.1, 0.15) is 22.9 Å². The van der Waals surface area contributed by atoms with Crippen LogP contribution in [0.2, 0.25) is 0 Å². The Kier molecular flexibility index (Phi) is 6.20. The van der Waals surface area contributed by atoms with Crippen LogP contribution < -0.4 is 0 Å². The molecule has 0 unspecified atom stereocenters. The Balaban J connectivity index is 1.30. The molecule has 0 bridgehead atoms. The van der Waals surface area contributed by atoms with Crippen LogP contribution in [-0.4, -0.2) is 34.3 Å². The molecule has 0 amide bonds. The maximum atomic E-state index is 9.68. The third-order valence-corrected chi connectivity index (χ3v) is 7.74. The third-order valence-electron chi connectivity index (χ3n) is 7.74. The van der Waals surface area contributed by atoms with E-state index < -0.39 is 0 Å². The number of rotatable bonds is 6. The van der Waals surface area contributed by atoms with Gasteiger partial charge in [0.05, 0.1) is 22.1 Å². The highest BCUT2D eigenvalue weighted by atomic mass is 16.3. The van der Waals surface area contributed by atoms with Crippen molar-refractivity contribution in [3.63, 3.8) is 0 Å². The quantitative estimate of drug-likeness (QED) is 0.219. The van der Waals surface area contributed by atoms with Gasteiger partial charge in [-0.2, -0.15) is 0 Å². The highest BCUT2D eigenvalue weighted by Gasteiger charge is 2.18. The van der Waals surface area contributed by atoms with Gasteiger partial charge in [-0.1, -0.05) is 42.5 Å². The van der Waals surface area contributed by atoms with E-state index in [9.17, 15) is 10.2 Å². The molecule has 7 rings (SSSR count). The van der Waals surface area contributed by atoms with Crippen molar-refractivity contribution >= 4 is 22.1 Å². The van der Waals surface area contributed by atoms with Crippen molar-refractivity contribution in [2.24, 2.45) is 0 Å². The van der Waals surface area contributed by atoms with E-state index >= 15 is 0 Å². The molecule has 0 aliphatic rings. The third kappa shape index (κ3) is 4.36. The van der Waals surface area contributed by atoms with Crippen LogP contribution in [-0.2, 0) is 13.1 Å². The summed E-state index contributed by atoms with van der Waals surface area (Å²) in [6.45, 7) is 5.74. The van der Waals surface area contributed by atoms with E-state index in [1.165, 1.54) is 0 Å². The molecule has 7 nitrogen and oxygen atoms in total. The van der Waals surface area contributed by atoms with Crippen LogP contribution in [0.5, 0.6) is 11.5 Å². The number of benzene rings is 4. The lowest BCUT2D eigenvalue weighted by molar-refractivity contribution is 0.475. The first-order valence-electron chi connectivity index (χ1n) is 14.1. The summed E-state index contributed by atoms with van der Waals surface area (Å²) < 4.78 is 4.38. The summed E-state index contributed by atoms with van der Waals surface area (Å²) in [6, 6.07) is 33.0. The van der Waals surface area contributed by atoms with Gasteiger partial charge in [-0.3, -0.25) is 0 Å².